The minimum atomic E-state index is -0.442. The first kappa shape index (κ1) is 9.39. The number of rotatable bonds is 1. The Hall–Kier alpha value is -0.614. The summed E-state index contributed by atoms with van der Waals surface area (Å²) in [4.78, 5) is 14.1. The Morgan fingerprint density at radius 3 is 2.70 bits per heavy atom. The molecule has 0 saturated heterocycles. The maximum atomic E-state index is 10.4. The molecule has 0 fully saturated rings. The van der Waals surface area contributed by atoms with Crippen molar-refractivity contribution in [2.45, 2.75) is 0 Å². The standard InChI is InChI=1S/C6H6N2O.Mg.2H/c7-6(9)5-2-1-3-8-4-5;;;/h1-4H,(H2,7,9);;;/q;+2;2*-1. The molecule has 0 bridgehead atoms. The fraction of sp³-hybridized carbons (Fsp3) is 0. The van der Waals surface area contributed by atoms with Gasteiger partial charge in [0, 0.05) is 12.4 Å². The topological polar surface area (TPSA) is 56.0 Å². The molecule has 10 heavy (non-hydrogen) atoms. The fourth-order valence-electron chi connectivity index (χ4n) is 0.509. The van der Waals surface area contributed by atoms with Crippen molar-refractivity contribution in [2.75, 3.05) is 0 Å². The van der Waals surface area contributed by atoms with Crippen molar-refractivity contribution in [2.24, 2.45) is 5.73 Å². The smallest absolute Gasteiger partial charge is 1.00 e. The molecule has 2 N–H and O–H groups in total. The van der Waals surface area contributed by atoms with E-state index in [4.69, 9.17) is 5.73 Å². The van der Waals surface area contributed by atoms with Crippen molar-refractivity contribution >= 4 is 29.0 Å². The van der Waals surface area contributed by atoms with Crippen molar-refractivity contribution in [1.29, 1.82) is 0 Å². The van der Waals surface area contributed by atoms with Crippen LogP contribution in [0.3, 0.4) is 0 Å². The molecule has 4 heteroatoms. The van der Waals surface area contributed by atoms with E-state index in [1.807, 2.05) is 0 Å². The summed E-state index contributed by atoms with van der Waals surface area (Å²) in [6.45, 7) is 0. The predicted octanol–water partition coefficient (Wildman–Crippen LogP) is 0.0247. The van der Waals surface area contributed by atoms with Crippen molar-refractivity contribution < 1.29 is 7.65 Å². The van der Waals surface area contributed by atoms with E-state index >= 15 is 0 Å². The van der Waals surface area contributed by atoms with Crippen molar-refractivity contribution in [1.82, 2.24) is 4.98 Å². The SMILES string of the molecule is NC(=O)c1cccnc1.[H-].[H-].[Mg+2]. The first-order chi connectivity index (χ1) is 4.30. The summed E-state index contributed by atoms with van der Waals surface area (Å²) in [7, 11) is 0. The van der Waals surface area contributed by atoms with Gasteiger partial charge in [0.05, 0.1) is 5.56 Å². The summed E-state index contributed by atoms with van der Waals surface area (Å²) in [5.41, 5.74) is 5.38. The first-order valence-corrected chi connectivity index (χ1v) is 2.50. The van der Waals surface area contributed by atoms with E-state index in [0.29, 0.717) is 5.56 Å². The zero-order valence-corrected chi connectivity index (χ0v) is 6.86. The Morgan fingerprint density at radius 2 is 2.40 bits per heavy atom. The number of primary amides is 1. The van der Waals surface area contributed by atoms with E-state index in [1.54, 1.807) is 18.3 Å². The molecule has 0 aromatic carbocycles. The third-order valence-electron chi connectivity index (χ3n) is 0.946. The molecule has 3 nitrogen and oxygen atoms in total. The molecule has 1 aromatic rings. The fourth-order valence-corrected chi connectivity index (χ4v) is 0.509. The van der Waals surface area contributed by atoms with E-state index in [9.17, 15) is 4.79 Å². The molecule has 0 spiro atoms. The second-order valence-electron chi connectivity index (χ2n) is 1.61. The third kappa shape index (κ3) is 2.32. The summed E-state index contributed by atoms with van der Waals surface area (Å²) in [6, 6.07) is 3.29. The van der Waals surface area contributed by atoms with Gasteiger partial charge in [-0.1, -0.05) is 0 Å². The van der Waals surface area contributed by atoms with E-state index in [0.717, 1.165) is 0 Å². The number of nitrogens with two attached hydrogens (primary N) is 1. The van der Waals surface area contributed by atoms with Crippen LogP contribution in [0, 0.1) is 0 Å². The summed E-state index contributed by atoms with van der Waals surface area (Å²) in [5.74, 6) is -0.442. The third-order valence-corrected chi connectivity index (χ3v) is 0.946. The van der Waals surface area contributed by atoms with Crippen LogP contribution in [-0.2, 0) is 0 Å². The molecule has 0 aliphatic heterocycles. The molecule has 1 rings (SSSR count). The number of carbonyl (C=O) groups excluding carboxylic acids is 1. The second kappa shape index (κ2) is 4.24. The van der Waals surface area contributed by atoms with Crippen LogP contribution in [0.2, 0.25) is 0 Å². The quantitative estimate of drug-likeness (QED) is 0.571. The van der Waals surface area contributed by atoms with Gasteiger partial charge < -0.3 is 8.59 Å². The van der Waals surface area contributed by atoms with Crippen LogP contribution < -0.4 is 5.73 Å². The maximum Gasteiger partial charge on any atom is 2.00 e. The van der Waals surface area contributed by atoms with Crippen molar-refractivity contribution in [3.05, 3.63) is 30.1 Å². The Balaban J connectivity index is -0.000000270. The van der Waals surface area contributed by atoms with Crippen LogP contribution in [0.4, 0.5) is 0 Å². The molecule has 0 radical (unpaired) electrons. The second-order valence-corrected chi connectivity index (χ2v) is 1.61. The zero-order valence-electron chi connectivity index (χ0n) is 7.45. The summed E-state index contributed by atoms with van der Waals surface area (Å²) in [5, 5.41) is 0. The Morgan fingerprint density at radius 1 is 1.70 bits per heavy atom. The molecule has 1 aromatic heterocycles. The van der Waals surface area contributed by atoms with Gasteiger partial charge in [0.1, 0.15) is 0 Å². The zero-order chi connectivity index (χ0) is 6.69. The summed E-state index contributed by atoms with van der Waals surface area (Å²) in [6.07, 6.45) is 3.02. The number of pyridine rings is 1. The monoisotopic (exact) mass is 148 g/mol. The van der Waals surface area contributed by atoms with Crippen molar-refractivity contribution in [3.63, 3.8) is 0 Å². The van der Waals surface area contributed by atoms with Crippen LogP contribution in [0.25, 0.3) is 0 Å². The molecule has 50 valence electrons. The molecular weight excluding hydrogens is 140 g/mol. The van der Waals surface area contributed by atoms with Gasteiger partial charge in [-0.15, -0.1) is 0 Å². The minimum absolute atomic E-state index is 0. The number of nitrogens with zero attached hydrogens (tertiary/aromatic N) is 1. The number of hydrogen-bond acceptors (Lipinski definition) is 2. The molecule has 0 unspecified atom stereocenters. The number of carbonyl (C=O) groups is 1. The predicted molar refractivity (Wildman–Crippen MR) is 40.7 cm³/mol. The summed E-state index contributed by atoms with van der Waals surface area (Å²) >= 11 is 0. The minimum Gasteiger partial charge on any atom is -1.00 e. The molecular formula is C6H8MgN2O. The van der Waals surface area contributed by atoms with Crippen LogP contribution in [0.15, 0.2) is 24.5 Å². The average Bonchev–Trinajstić information content (AvgIpc) is 1.90. The van der Waals surface area contributed by atoms with Gasteiger partial charge in [0.15, 0.2) is 0 Å². The van der Waals surface area contributed by atoms with E-state index in [1.165, 1.54) is 6.20 Å². The first-order valence-electron chi connectivity index (χ1n) is 2.50. The molecule has 0 atom stereocenters. The average molecular weight is 148 g/mol. The Kier molecular flexibility index (Phi) is 3.98. The van der Waals surface area contributed by atoms with Gasteiger partial charge in [-0.25, -0.2) is 0 Å². The largest absolute Gasteiger partial charge is 2.00 e. The number of amides is 1. The summed E-state index contributed by atoms with van der Waals surface area (Å²) < 4.78 is 0. The van der Waals surface area contributed by atoms with Crippen LogP contribution in [0.5, 0.6) is 0 Å². The van der Waals surface area contributed by atoms with Crippen LogP contribution >= 0.6 is 0 Å². The Labute approximate surface area is 77.8 Å². The molecule has 1 heterocycles. The van der Waals surface area contributed by atoms with Gasteiger partial charge in [-0.3, -0.25) is 9.78 Å². The maximum absolute atomic E-state index is 10.4. The van der Waals surface area contributed by atoms with Crippen molar-refractivity contribution in [3.8, 4) is 0 Å². The molecule has 0 saturated carbocycles. The normalized spacial score (nSPS) is 8.00. The molecule has 0 aliphatic carbocycles. The van der Waals surface area contributed by atoms with E-state index < -0.39 is 5.91 Å². The number of aromatic nitrogens is 1. The molecule has 0 aliphatic rings. The number of hydrogen-bond donors (Lipinski definition) is 1. The van der Waals surface area contributed by atoms with Gasteiger partial charge in [-0.2, -0.15) is 0 Å². The molecule has 1 amide bonds. The van der Waals surface area contributed by atoms with Crippen LogP contribution in [0.1, 0.15) is 13.2 Å². The van der Waals surface area contributed by atoms with Gasteiger partial charge in [0.2, 0.25) is 5.91 Å². The van der Waals surface area contributed by atoms with E-state index in [-0.39, 0.29) is 25.9 Å². The van der Waals surface area contributed by atoms with E-state index in [2.05, 4.69) is 4.98 Å². The van der Waals surface area contributed by atoms with Gasteiger partial charge in [-0.05, 0) is 12.1 Å². The Bertz CT molecular complexity index is 220. The van der Waals surface area contributed by atoms with Gasteiger partial charge >= 0.3 is 23.1 Å². The van der Waals surface area contributed by atoms with Crippen LogP contribution in [-0.4, -0.2) is 33.9 Å². The van der Waals surface area contributed by atoms with Gasteiger partial charge in [0.25, 0.3) is 0 Å².